The summed E-state index contributed by atoms with van der Waals surface area (Å²) in [6.45, 7) is 1.63. The molecule has 24 heavy (non-hydrogen) atoms. The number of esters is 1. The predicted octanol–water partition coefficient (Wildman–Crippen LogP) is 4.40. The molecular formula is C17H15Br2NO4. The van der Waals surface area contributed by atoms with Gasteiger partial charge in [0.2, 0.25) is 0 Å². The van der Waals surface area contributed by atoms with Gasteiger partial charge in [-0.1, -0.05) is 28.1 Å². The number of rotatable bonds is 5. The Morgan fingerprint density at radius 1 is 1.12 bits per heavy atom. The molecule has 7 heteroatoms. The lowest BCUT2D eigenvalue weighted by Gasteiger charge is -2.17. The van der Waals surface area contributed by atoms with Crippen LogP contribution in [0.1, 0.15) is 17.3 Å². The van der Waals surface area contributed by atoms with E-state index in [9.17, 15) is 9.59 Å². The Kier molecular flexibility index (Phi) is 6.39. The van der Waals surface area contributed by atoms with Crippen LogP contribution in [0.2, 0.25) is 0 Å². The molecule has 1 N–H and O–H groups in total. The lowest BCUT2D eigenvalue weighted by Crippen LogP contribution is -2.30. The van der Waals surface area contributed by atoms with E-state index in [-0.39, 0.29) is 11.5 Å². The first-order chi connectivity index (χ1) is 11.4. The Bertz CT molecular complexity index is 764. The van der Waals surface area contributed by atoms with E-state index in [1.54, 1.807) is 37.3 Å². The highest BCUT2D eigenvalue weighted by atomic mass is 79.9. The number of benzene rings is 2. The molecule has 0 fully saturated rings. The molecule has 2 aromatic rings. The lowest BCUT2D eigenvalue weighted by molar-refractivity contribution is -0.122. The van der Waals surface area contributed by atoms with E-state index >= 15 is 0 Å². The van der Waals surface area contributed by atoms with Gasteiger partial charge < -0.3 is 14.8 Å². The minimum Gasteiger partial charge on any atom is -0.480 e. The summed E-state index contributed by atoms with van der Waals surface area (Å²) in [6.07, 6.45) is -0.756. The number of nitrogens with one attached hydrogen (secondary N) is 1. The van der Waals surface area contributed by atoms with Gasteiger partial charge in [0, 0.05) is 4.47 Å². The van der Waals surface area contributed by atoms with Crippen LogP contribution in [0.25, 0.3) is 0 Å². The maximum absolute atomic E-state index is 12.3. The van der Waals surface area contributed by atoms with Gasteiger partial charge in [0.05, 0.1) is 22.8 Å². The Hall–Kier alpha value is -1.86. The van der Waals surface area contributed by atoms with Crippen molar-refractivity contribution in [2.24, 2.45) is 0 Å². The summed E-state index contributed by atoms with van der Waals surface area (Å²) in [5.41, 5.74) is 0.657. The molecule has 0 aliphatic carbocycles. The summed E-state index contributed by atoms with van der Waals surface area (Å²) in [7, 11) is 1.29. The van der Waals surface area contributed by atoms with Crippen LogP contribution in [0.4, 0.5) is 5.69 Å². The monoisotopic (exact) mass is 455 g/mol. The second-order valence-electron chi connectivity index (χ2n) is 4.86. The highest BCUT2D eigenvalue weighted by Gasteiger charge is 2.19. The lowest BCUT2D eigenvalue weighted by atomic mass is 10.1. The minimum absolute atomic E-state index is 0.283. The zero-order chi connectivity index (χ0) is 17.7. The number of hydrogen-bond donors (Lipinski definition) is 1. The van der Waals surface area contributed by atoms with E-state index in [0.717, 1.165) is 8.95 Å². The minimum atomic E-state index is -0.756. The maximum Gasteiger partial charge on any atom is 0.339 e. The fourth-order valence-electron chi connectivity index (χ4n) is 1.93. The molecule has 0 aliphatic heterocycles. The normalized spacial score (nSPS) is 11.5. The first kappa shape index (κ1) is 18.5. The molecule has 0 radical (unpaired) electrons. The van der Waals surface area contributed by atoms with E-state index in [1.807, 2.05) is 12.1 Å². The summed E-state index contributed by atoms with van der Waals surface area (Å²) >= 11 is 6.74. The molecular weight excluding hydrogens is 442 g/mol. The molecule has 2 rings (SSSR count). The van der Waals surface area contributed by atoms with Gasteiger partial charge in [-0.25, -0.2) is 4.79 Å². The number of carbonyl (C=O) groups is 2. The number of amides is 1. The molecule has 0 bridgehead atoms. The third kappa shape index (κ3) is 4.58. The van der Waals surface area contributed by atoms with E-state index < -0.39 is 12.1 Å². The Morgan fingerprint density at radius 2 is 1.83 bits per heavy atom. The van der Waals surface area contributed by atoms with Crippen molar-refractivity contribution in [3.8, 4) is 5.75 Å². The number of carbonyl (C=O) groups excluding carboxylic acids is 2. The number of halogens is 2. The van der Waals surface area contributed by atoms with Gasteiger partial charge in [0.25, 0.3) is 5.91 Å². The largest absolute Gasteiger partial charge is 0.480 e. The van der Waals surface area contributed by atoms with Gasteiger partial charge in [0.1, 0.15) is 5.75 Å². The summed E-state index contributed by atoms with van der Waals surface area (Å²) in [5, 5.41) is 2.69. The number of para-hydroxylation sites is 1. The molecule has 0 aliphatic rings. The maximum atomic E-state index is 12.3. The fourth-order valence-corrected chi connectivity index (χ4v) is 3.07. The number of ether oxygens (including phenoxy) is 2. The smallest absolute Gasteiger partial charge is 0.339 e. The summed E-state index contributed by atoms with van der Waals surface area (Å²) in [6, 6.07) is 12.0. The Labute approximate surface area is 156 Å². The SMILES string of the molecule is COC(=O)c1ccccc1NC(=O)[C@@H](C)Oc1ccc(Br)cc1Br. The first-order valence-corrected chi connectivity index (χ1v) is 8.61. The second-order valence-corrected chi connectivity index (χ2v) is 6.63. The molecule has 0 aromatic heterocycles. The fraction of sp³-hybridized carbons (Fsp3) is 0.176. The molecule has 0 heterocycles. The van der Waals surface area contributed by atoms with Gasteiger partial charge in [-0.05, 0) is 53.2 Å². The van der Waals surface area contributed by atoms with Crippen molar-refractivity contribution in [1.82, 2.24) is 0 Å². The van der Waals surface area contributed by atoms with Crippen LogP contribution in [0.5, 0.6) is 5.75 Å². The topological polar surface area (TPSA) is 64.6 Å². The zero-order valence-corrected chi connectivity index (χ0v) is 16.2. The molecule has 126 valence electrons. The molecule has 2 aromatic carbocycles. The van der Waals surface area contributed by atoms with E-state index in [1.165, 1.54) is 7.11 Å². The van der Waals surface area contributed by atoms with Crippen molar-refractivity contribution in [3.05, 3.63) is 57.0 Å². The van der Waals surface area contributed by atoms with Gasteiger partial charge in [0.15, 0.2) is 6.10 Å². The highest BCUT2D eigenvalue weighted by Crippen LogP contribution is 2.29. The van der Waals surface area contributed by atoms with Crippen LogP contribution < -0.4 is 10.1 Å². The summed E-state index contributed by atoms with van der Waals surface area (Å²) in [4.78, 5) is 24.1. The second kappa shape index (κ2) is 8.30. The molecule has 0 saturated heterocycles. The van der Waals surface area contributed by atoms with Crippen LogP contribution in [0, 0.1) is 0 Å². The Morgan fingerprint density at radius 3 is 2.50 bits per heavy atom. The molecule has 1 amide bonds. The summed E-state index contributed by atoms with van der Waals surface area (Å²) in [5.74, 6) is -0.349. The number of anilines is 1. The molecule has 1 atom stereocenters. The van der Waals surface area contributed by atoms with Crippen molar-refractivity contribution in [2.45, 2.75) is 13.0 Å². The third-order valence-electron chi connectivity index (χ3n) is 3.16. The Balaban J connectivity index is 2.11. The van der Waals surface area contributed by atoms with Crippen LogP contribution >= 0.6 is 31.9 Å². The van der Waals surface area contributed by atoms with Gasteiger partial charge >= 0.3 is 5.97 Å². The predicted molar refractivity (Wildman–Crippen MR) is 98.3 cm³/mol. The third-order valence-corrected chi connectivity index (χ3v) is 4.27. The quantitative estimate of drug-likeness (QED) is 0.677. The van der Waals surface area contributed by atoms with Gasteiger partial charge in [-0.15, -0.1) is 0 Å². The van der Waals surface area contributed by atoms with E-state index in [0.29, 0.717) is 11.4 Å². The van der Waals surface area contributed by atoms with Crippen molar-refractivity contribution >= 4 is 49.4 Å². The van der Waals surface area contributed by atoms with Gasteiger partial charge in [-0.2, -0.15) is 0 Å². The molecule has 0 spiro atoms. The standard InChI is InChI=1S/C17H15Br2NO4/c1-10(24-15-8-7-11(18)9-13(15)19)16(21)20-14-6-4-3-5-12(14)17(22)23-2/h3-10H,1-2H3,(H,20,21)/t10-/m1/s1. The highest BCUT2D eigenvalue weighted by molar-refractivity contribution is 9.11. The molecule has 5 nitrogen and oxygen atoms in total. The zero-order valence-electron chi connectivity index (χ0n) is 13.0. The van der Waals surface area contributed by atoms with Crippen molar-refractivity contribution in [1.29, 1.82) is 0 Å². The van der Waals surface area contributed by atoms with Crippen LogP contribution in [-0.2, 0) is 9.53 Å². The average Bonchev–Trinajstić information content (AvgIpc) is 2.57. The van der Waals surface area contributed by atoms with Crippen molar-refractivity contribution < 1.29 is 19.1 Å². The van der Waals surface area contributed by atoms with Crippen molar-refractivity contribution in [3.63, 3.8) is 0 Å². The molecule has 0 saturated carbocycles. The van der Waals surface area contributed by atoms with Crippen LogP contribution in [-0.4, -0.2) is 25.1 Å². The average molecular weight is 457 g/mol. The first-order valence-electron chi connectivity index (χ1n) is 7.02. The van der Waals surface area contributed by atoms with Crippen LogP contribution in [0.3, 0.4) is 0 Å². The number of methoxy groups -OCH3 is 1. The molecule has 0 unspecified atom stereocenters. The van der Waals surface area contributed by atoms with E-state index in [2.05, 4.69) is 37.2 Å². The van der Waals surface area contributed by atoms with Crippen LogP contribution in [0.15, 0.2) is 51.4 Å². The van der Waals surface area contributed by atoms with E-state index in [4.69, 9.17) is 9.47 Å². The number of hydrogen-bond acceptors (Lipinski definition) is 4. The van der Waals surface area contributed by atoms with Crippen molar-refractivity contribution in [2.75, 3.05) is 12.4 Å². The summed E-state index contributed by atoms with van der Waals surface area (Å²) < 4.78 is 12.0. The van der Waals surface area contributed by atoms with Gasteiger partial charge in [-0.3, -0.25) is 4.79 Å².